The fraction of sp³-hybridized carbons (Fsp3) is 0.412. The van der Waals surface area contributed by atoms with Crippen LogP contribution in [0.3, 0.4) is 0 Å². The first kappa shape index (κ1) is 19.9. The number of hydrogen-bond donors (Lipinski definition) is 1. The minimum Gasteiger partial charge on any atom is -0.364 e. The van der Waals surface area contributed by atoms with E-state index in [9.17, 15) is 22.4 Å². The average Bonchev–Trinajstić information content (AvgIpc) is 3.27. The highest BCUT2D eigenvalue weighted by Gasteiger charge is 2.36. The quantitative estimate of drug-likeness (QED) is 0.695. The number of rotatable bonds is 7. The Labute approximate surface area is 161 Å². The Morgan fingerprint density at radius 1 is 1.25 bits per heavy atom. The van der Waals surface area contributed by atoms with E-state index in [1.54, 1.807) is 18.2 Å². The fourth-order valence-electron chi connectivity index (χ4n) is 3.17. The summed E-state index contributed by atoms with van der Waals surface area (Å²) in [5.74, 6) is -1.54. The Bertz CT molecular complexity index is 963. The molecule has 0 spiro atoms. The van der Waals surface area contributed by atoms with Gasteiger partial charge in [-0.2, -0.15) is 0 Å². The summed E-state index contributed by atoms with van der Waals surface area (Å²) < 4.78 is 39.9. The van der Waals surface area contributed by atoms with Crippen molar-refractivity contribution in [1.82, 2.24) is 19.9 Å². The highest BCUT2D eigenvalue weighted by atomic mass is 32.2. The topological polar surface area (TPSA) is 128 Å². The fourth-order valence-corrected chi connectivity index (χ4v) is 4.42. The number of hydrogen-bond acceptors (Lipinski definition) is 6. The van der Waals surface area contributed by atoms with Crippen molar-refractivity contribution >= 4 is 21.7 Å². The molecule has 150 valence electrons. The van der Waals surface area contributed by atoms with Crippen molar-refractivity contribution < 1.29 is 22.4 Å². The lowest BCUT2D eigenvalue weighted by atomic mass is 10.2. The molecule has 1 saturated heterocycles. The van der Waals surface area contributed by atoms with Gasteiger partial charge in [0.1, 0.15) is 6.17 Å². The van der Waals surface area contributed by atoms with Crippen molar-refractivity contribution in [2.45, 2.75) is 36.5 Å². The smallest absolute Gasteiger partial charge is 0.270 e. The first-order valence-corrected chi connectivity index (χ1v) is 10.3. The van der Waals surface area contributed by atoms with E-state index in [2.05, 4.69) is 10.3 Å². The first-order chi connectivity index (χ1) is 13.3. The van der Waals surface area contributed by atoms with E-state index >= 15 is 0 Å². The summed E-state index contributed by atoms with van der Waals surface area (Å²) in [6.45, 7) is 0.0319. The van der Waals surface area contributed by atoms with E-state index in [0.717, 1.165) is 0 Å². The van der Waals surface area contributed by atoms with Gasteiger partial charge in [-0.25, -0.2) is 17.5 Å². The van der Waals surface area contributed by atoms with Crippen LogP contribution in [0.25, 0.3) is 0 Å². The van der Waals surface area contributed by atoms with Crippen molar-refractivity contribution in [3.8, 4) is 0 Å². The normalized spacial score (nSPS) is 19.7. The Morgan fingerprint density at radius 2 is 1.96 bits per heavy atom. The molecule has 2 amide bonds. The molecule has 2 N–H and O–H groups in total. The number of carbonyl (C=O) groups is 2. The molecule has 0 unspecified atom stereocenters. The number of aromatic nitrogens is 3. The molecule has 11 heteroatoms. The number of halogens is 1. The Balaban J connectivity index is 1.64. The first-order valence-electron chi connectivity index (χ1n) is 8.67. The number of nitrogens with two attached hydrogens (primary N) is 1. The summed E-state index contributed by atoms with van der Waals surface area (Å²) in [4.78, 5) is 25.1. The van der Waals surface area contributed by atoms with E-state index in [0.29, 0.717) is 0 Å². The van der Waals surface area contributed by atoms with Crippen LogP contribution in [0.1, 0.15) is 23.3 Å². The predicted molar refractivity (Wildman–Crippen MR) is 96.7 cm³/mol. The van der Waals surface area contributed by atoms with Gasteiger partial charge >= 0.3 is 0 Å². The number of sulfone groups is 1. The predicted octanol–water partition coefficient (Wildman–Crippen LogP) is 0.180. The molecule has 1 aliphatic rings. The molecule has 0 saturated carbocycles. The second kappa shape index (κ2) is 8.05. The van der Waals surface area contributed by atoms with Gasteiger partial charge in [-0.05, 0) is 12.1 Å². The molecule has 3 rings (SSSR count). The van der Waals surface area contributed by atoms with Crippen LogP contribution in [0.4, 0.5) is 4.39 Å². The van der Waals surface area contributed by atoms with Crippen LogP contribution in [-0.2, 0) is 21.2 Å². The number of primary amides is 1. The number of likely N-dealkylation sites (tertiary alicyclic amines) is 1. The summed E-state index contributed by atoms with van der Waals surface area (Å²) in [5.41, 5.74) is 5.10. The third kappa shape index (κ3) is 4.53. The molecule has 1 aromatic carbocycles. The maximum Gasteiger partial charge on any atom is 0.270 e. The molecule has 9 nitrogen and oxygen atoms in total. The Hall–Kier alpha value is -2.82. The van der Waals surface area contributed by atoms with Crippen LogP contribution in [0.15, 0.2) is 41.4 Å². The third-order valence-corrected chi connectivity index (χ3v) is 6.29. The molecule has 2 atom stereocenters. The monoisotopic (exact) mass is 409 g/mol. The van der Waals surface area contributed by atoms with Crippen molar-refractivity contribution in [1.29, 1.82) is 0 Å². The molecule has 2 aromatic rings. The SMILES string of the molecule is NC(=O)c1cn(C[C@@H]2C[C@H](F)CN2C(=O)CCS(=O)(=O)c2ccccc2)nn1. The number of alkyl halides is 1. The molecule has 1 fully saturated rings. The summed E-state index contributed by atoms with van der Waals surface area (Å²) >= 11 is 0. The average molecular weight is 409 g/mol. The summed E-state index contributed by atoms with van der Waals surface area (Å²) in [6, 6.07) is 7.35. The standard InChI is InChI=1S/C17H20FN5O4S/c18-12-8-13(10-22-11-15(17(19)25)20-21-22)23(9-12)16(24)6-7-28(26,27)14-4-2-1-3-5-14/h1-5,11-13H,6-10H2,(H2,19,25)/t12-,13-/m0/s1. The van der Waals surface area contributed by atoms with Gasteiger partial charge in [-0.1, -0.05) is 23.4 Å². The molecule has 1 aliphatic heterocycles. The van der Waals surface area contributed by atoms with E-state index in [4.69, 9.17) is 5.73 Å². The van der Waals surface area contributed by atoms with Gasteiger partial charge in [0.25, 0.3) is 5.91 Å². The van der Waals surface area contributed by atoms with Crippen molar-refractivity contribution in [2.75, 3.05) is 12.3 Å². The van der Waals surface area contributed by atoms with E-state index in [-0.39, 0.29) is 42.3 Å². The molecule has 1 aromatic heterocycles. The Kier molecular flexibility index (Phi) is 5.73. The molecule has 0 bridgehead atoms. The minimum atomic E-state index is -3.60. The zero-order valence-corrected chi connectivity index (χ0v) is 15.8. The molecule has 0 aliphatic carbocycles. The van der Waals surface area contributed by atoms with Gasteiger partial charge < -0.3 is 10.6 Å². The van der Waals surface area contributed by atoms with E-state index in [1.165, 1.54) is 27.9 Å². The number of carbonyl (C=O) groups excluding carboxylic acids is 2. The van der Waals surface area contributed by atoms with E-state index in [1.807, 2.05) is 0 Å². The van der Waals surface area contributed by atoms with Crippen molar-refractivity contribution in [2.24, 2.45) is 5.73 Å². The van der Waals surface area contributed by atoms with Crippen LogP contribution in [-0.4, -0.2) is 64.6 Å². The van der Waals surface area contributed by atoms with Crippen LogP contribution in [0.2, 0.25) is 0 Å². The Morgan fingerprint density at radius 3 is 2.61 bits per heavy atom. The van der Waals surface area contributed by atoms with Crippen LogP contribution >= 0.6 is 0 Å². The highest BCUT2D eigenvalue weighted by molar-refractivity contribution is 7.91. The van der Waals surface area contributed by atoms with Gasteiger partial charge in [-0.15, -0.1) is 5.10 Å². The van der Waals surface area contributed by atoms with Crippen molar-refractivity contribution in [3.63, 3.8) is 0 Å². The maximum absolute atomic E-state index is 13.9. The van der Waals surface area contributed by atoms with Gasteiger partial charge in [0, 0.05) is 12.8 Å². The van der Waals surface area contributed by atoms with Gasteiger partial charge in [0.15, 0.2) is 15.5 Å². The second-order valence-electron chi connectivity index (χ2n) is 6.60. The molecular weight excluding hydrogens is 389 g/mol. The molecule has 28 heavy (non-hydrogen) atoms. The lowest BCUT2D eigenvalue weighted by Gasteiger charge is -2.24. The zero-order chi connectivity index (χ0) is 20.3. The van der Waals surface area contributed by atoms with Crippen molar-refractivity contribution in [3.05, 3.63) is 42.2 Å². The number of nitrogens with zero attached hydrogens (tertiary/aromatic N) is 4. The molecule has 2 heterocycles. The van der Waals surface area contributed by atoms with Crippen LogP contribution in [0, 0.1) is 0 Å². The second-order valence-corrected chi connectivity index (χ2v) is 8.71. The van der Waals surface area contributed by atoms with Crippen LogP contribution in [0.5, 0.6) is 0 Å². The zero-order valence-electron chi connectivity index (χ0n) is 14.9. The summed E-state index contributed by atoms with van der Waals surface area (Å²) in [5, 5.41) is 7.36. The maximum atomic E-state index is 13.9. The highest BCUT2D eigenvalue weighted by Crippen LogP contribution is 2.23. The van der Waals surface area contributed by atoms with Crippen LogP contribution < -0.4 is 5.73 Å². The lowest BCUT2D eigenvalue weighted by Crippen LogP contribution is -2.39. The molecular formula is C17H20FN5O4S. The van der Waals surface area contributed by atoms with Gasteiger partial charge in [0.05, 0.1) is 36.0 Å². The largest absolute Gasteiger partial charge is 0.364 e. The van der Waals surface area contributed by atoms with Gasteiger partial charge in [0.2, 0.25) is 5.91 Å². The summed E-state index contributed by atoms with van der Waals surface area (Å²) in [6.07, 6.45) is -0.0252. The summed E-state index contributed by atoms with van der Waals surface area (Å²) in [7, 11) is -3.60. The minimum absolute atomic E-state index is 0.0263. The molecule has 0 radical (unpaired) electrons. The number of amides is 2. The lowest BCUT2D eigenvalue weighted by molar-refractivity contribution is -0.132. The number of benzene rings is 1. The van der Waals surface area contributed by atoms with Gasteiger partial charge in [-0.3, -0.25) is 9.59 Å². The third-order valence-electron chi connectivity index (χ3n) is 4.56. The van der Waals surface area contributed by atoms with E-state index < -0.39 is 33.9 Å².